The van der Waals surface area contributed by atoms with Crippen molar-refractivity contribution < 1.29 is 9.47 Å². The van der Waals surface area contributed by atoms with Crippen LogP contribution in [0.15, 0.2) is 24.3 Å². The normalized spacial score (nSPS) is 21.2. The van der Waals surface area contributed by atoms with E-state index in [1.165, 1.54) is 5.56 Å². The molecule has 0 bridgehead atoms. The Kier molecular flexibility index (Phi) is 6.45. The summed E-state index contributed by atoms with van der Waals surface area (Å²) >= 11 is 0. The van der Waals surface area contributed by atoms with Crippen LogP contribution >= 0.6 is 0 Å². The fraction of sp³-hybridized carbons (Fsp3) is 0.625. The number of nitrogens with one attached hydrogen (secondary N) is 1. The van der Waals surface area contributed by atoms with Crippen molar-refractivity contribution in [1.29, 1.82) is 0 Å². The number of hydrazine groups is 1. The number of morpholine rings is 1. The fourth-order valence-corrected chi connectivity index (χ4v) is 2.75. The molecule has 2 unspecified atom stereocenters. The number of aryl methyl sites for hydroxylation is 1. The van der Waals surface area contributed by atoms with Gasteiger partial charge in [0.05, 0.1) is 19.8 Å². The molecule has 0 saturated carbocycles. The highest BCUT2D eigenvalue weighted by molar-refractivity contribution is 5.27. The SMILES string of the molecule is CCN1CCOC(C(CCc2ccc(OC)cc2)NN)C1. The Balaban J connectivity index is 1.86. The third kappa shape index (κ3) is 4.68. The summed E-state index contributed by atoms with van der Waals surface area (Å²) in [6.07, 6.45) is 2.11. The van der Waals surface area contributed by atoms with E-state index in [4.69, 9.17) is 15.3 Å². The van der Waals surface area contributed by atoms with E-state index in [1.807, 2.05) is 12.1 Å². The molecular weight excluding hydrogens is 266 g/mol. The van der Waals surface area contributed by atoms with Gasteiger partial charge in [-0.1, -0.05) is 19.1 Å². The largest absolute Gasteiger partial charge is 0.497 e. The first-order valence-corrected chi connectivity index (χ1v) is 7.69. The van der Waals surface area contributed by atoms with E-state index in [-0.39, 0.29) is 12.1 Å². The van der Waals surface area contributed by atoms with Crippen LogP contribution in [0.4, 0.5) is 0 Å². The van der Waals surface area contributed by atoms with Crippen molar-refractivity contribution in [2.24, 2.45) is 5.84 Å². The van der Waals surface area contributed by atoms with Crippen LogP contribution in [-0.4, -0.2) is 50.4 Å². The van der Waals surface area contributed by atoms with Crippen LogP contribution in [0.2, 0.25) is 0 Å². The van der Waals surface area contributed by atoms with E-state index in [0.717, 1.165) is 44.8 Å². The first-order valence-electron chi connectivity index (χ1n) is 7.69. The number of benzene rings is 1. The van der Waals surface area contributed by atoms with Crippen molar-refractivity contribution in [3.05, 3.63) is 29.8 Å². The van der Waals surface area contributed by atoms with Crippen molar-refractivity contribution in [2.45, 2.75) is 31.9 Å². The molecule has 1 aromatic rings. The van der Waals surface area contributed by atoms with Gasteiger partial charge >= 0.3 is 0 Å². The van der Waals surface area contributed by atoms with Crippen LogP contribution in [0, 0.1) is 0 Å². The van der Waals surface area contributed by atoms with Crippen LogP contribution in [0.25, 0.3) is 0 Å². The minimum atomic E-state index is 0.168. The zero-order valence-corrected chi connectivity index (χ0v) is 13.0. The van der Waals surface area contributed by atoms with E-state index in [2.05, 4.69) is 29.4 Å². The van der Waals surface area contributed by atoms with Crippen LogP contribution in [-0.2, 0) is 11.2 Å². The number of nitrogens with two attached hydrogens (primary N) is 1. The highest BCUT2D eigenvalue weighted by atomic mass is 16.5. The van der Waals surface area contributed by atoms with Gasteiger partial charge in [-0.25, -0.2) is 0 Å². The summed E-state index contributed by atoms with van der Waals surface area (Å²) < 4.78 is 11.1. The molecule has 1 fully saturated rings. The van der Waals surface area contributed by atoms with Gasteiger partial charge in [-0.05, 0) is 37.1 Å². The average Bonchev–Trinajstić information content (AvgIpc) is 2.56. The molecule has 0 amide bonds. The molecule has 0 aromatic heterocycles. The number of rotatable bonds is 7. The Morgan fingerprint density at radius 2 is 2.19 bits per heavy atom. The lowest BCUT2D eigenvalue weighted by Crippen LogP contribution is -2.54. The molecular formula is C16H27N3O2. The summed E-state index contributed by atoms with van der Waals surface area (Å²) in [4.78, 5) is 2.41. The van der Waals surface area contributed by atoms with Gasteiger partial charge in [0.1, 0.15) is 5.75 Å². The summed E-state index contributed by atoms with van der Waals surface area (Å²) in [6, 6.07) is 8.38. The van der Waals surface area contributed by atoms with Gasteiger partial charge in [0.15, 0.2) is 0 Å². The molecule has 1 aliphatic heterocycles. The van der Waals surface area contributed by atoms with Gasteiger partial charge < -0.3 is 9.47 Å². The van der Waals surface area contributed by atoms with Crippen molar-refractivity contribution in [3.8, 4) is 5.75 Å². The number of ether oxygens (including phenoxy) is 2. The van der Waals surface area contributed by atoms with Crippen molar-refractivity contribution in [3.63, 3.8) is 0 Å². The number of nitrogens with zero attached hydrogens (tertiary/aromatic N) is 1. The van der Waals surface area contributed by atoms with Gasteiger partial charge in [0.25, 0.3) is 0 Å². The topological polar surface area (TPSA) is 59.8 Å². The molecule has 1 aromatic carbocycles. The second kappa shape index (κ2) is 8.34. The smallest absolute Gasteiger partial charge is 0.118 e. The minimum absolute atomic E-state index is 0.168. The second-order valence-electron chi connectivity index (χ2n) is 5.46. The second-order valence-corrected chi connectivity index (χ2v) is 5.46. The molecule has 2 atom stereocenters. The lowest BCUT2D eigenvalue weighted by molar-refractivity contribution is -0.0461. The molecule has 1 aliphatic rings. The van der Waals surface area contributed by atoms with Crippen LogP contribution in [0.1, 0.15) is 18.9 Å². The quantitative estimate of drug-likeness (QED) is 0.584. The Bertz CT molecular complexity index is 410. The minimum Gasteiger partial charge on any atom is -0.497 e. The number of likely N-dealkylation sites (N-methyl/N-ethyl adjacent to an activating group) is 1. The van der Waals surface area contributed by atoms with E-state index in [1.54, 1.807) is 7.11 Å². The maximum Gasteiger partial charge on any atom is 0.118 e. The highest BCUT2D eigenvalue weighted by Gasteiger charge is 2.26. The first-order chi connectivity index (χ1) is 10.3. The molecule has 2 rings (SSSR count). The Hall–Kier alpha value is -1.14. The fourth-order valence-electron chi connectivity index (χ4n) is 2.75. The lowest BCUT2D eigenvalue weighted by Gasteiger charge is -2.36. The van der Waals surface area contributed by atoms with Gasteiger partial charge in [0.2, 0.25) is 0 Å². The van der Waals surface area contributed by atoms with E-state index in [0.29, 0.717) is 0 Å². The summed E-state index contributed by atoms with van der Waals surface area (Å²) in [7, 11) is 1.68. The Labute approximate surface area is 127 Å². The highest BCUT2D eigenvalue weighted by Crippen LogP contribution is 2.16. The molecule has 118 valence electrons. The third-order valence-corrected chi connectivity index (χ3v) is 4.19. The standard InChI is InChI=1S/C16H27N3O2/c1-3-19-10-11-21-16(12-19)15(18-17)9-6-13-4-7-14(20-2)8-5-13/h4-5,7-8,15-16,18H,3,6,9-12,17H2,1-2H3. The maximum atomic E-state index is 5.88. The average molecular weight is 293 g/mol. The summed E-state index contributed by atoms with van der Waals surface area (Å²) in [5.74, 6) is 6.62. The van der Waals surface area contributed by atoms with Crippen molar-refractivity contribution in [2.75, 3.05) is 33.4 Å². The molecule has 0 radical (unpaired) electrons. The molecule has 5 heteroatoms. The molecule has 1 heterocycles. The zero-order valence-electron chi connectivity index (χ0n) is 13.0. The zero-order chi connectivity index (χ0) is 15.1. The van der Waals surface area contributed by atoms with E-state index < -0.39 is 0 Å². The summed E-state index contributed by atoms with van der Waals surface area (Å²) in [5.41, 5.74) is 4.22. The first kappa shape index (κ1) is 16.2. The van der Waals surface area contributed by atoms with Gasteiger partial charge in [-0.2, -0.15) is 0 Å². The molecule has 5 nitrogen and oxygen atoms in total. The van der Waals surface area contributed by atoms with E-state index in [9.17, 15) is 0 Å². The van der Waals surface area contributed by atoms with Crippen LogP contribution in [0.5, 0.6) is 5.75 Å². The Morgan fingerprint density at radius 3 is 2.81 bits per heavy atom. The van der Waals surface area contributed by atoms with Gasteiger partial charge in [-0.3, -0.25) is 16.2 Å². The Morgan fingerprint density at radius 1 is 1.43 bits per heavy atom. The van der Waals surface area contributed by atoms with Crippen LogP contribution in [0.3, 0.4) is 0 Å². The maximum absolute atomic E-state index is 5.88. The predicted molar refractivity (Wildman–Crippen MR) is 84.3 cm³/mol. The van der Waals surface area contributed by atoms with Crippen LogP contribution < -0.4 is 16.0 Å². The number of hydrogen-bond acceptors (Lipinski definition) is 5. The summed E-state index contributed by atoms with van der Waals surface area (Å²) in [5, 5.41) is 0. The summed E-state index contributed by atoms with van der Waals surface area (Å²) in [6.45, 7) is 6.01. The van der Waals surface area contributed by atoms with Gasteiger partial charge in [0, 0.05) is 19.1 Å². The third-order valence-electron chi connectivity index (χ3n) is 4.19. The number of methoxy groups -OCH3 is 1. The molecule has 21 heavy (non-hydrogen) atoms. The molecule has 0 aliphatic carbocycles. The molecule has 0 spiro atoms. The predicted octanol–water partition coefficient (Wildman–Crippen LogP) is 1.18. The lowest BCUT2D eigenvalue weighted by atomic mass is 10.0. The van der Waals surface area contributed by atoms with E-state index >= 15 is 0 Å². The van der Waals surface area contributed by atoms with Crippen molar-refractivity contribution >= 4 is 0 Å². The monoisotopic (exact) mass is 293 g/mol. The molecule has 1 saturated heterocycles. The van der Waals surface area contributed by atoms with Crippen molar-refractivity contribution in [1.82, 2.24) is 10.3 Å². The number of hydrogen-bond donors (Lipinski definition) is 2. The molecule has 3 N–H and O–H groups in total. The van der Waals surface area contributed by atoms with Gasteiger partial charge in [-0.15, -0.1) is 0 Å².